The molecular formula is C19H19Cl2IN4O. The Morgan fingerprint density at radius 1 is 1.07 bits per heavy atom. The van der Waals surface area contributed by atoms with E-state index in [4.69, 9.17) is 27.6 Å². The second-order valence-electron chi connectivity index (χ2n) is 5.53. The van der Waals surface area contributed by atoms with Crippen LogP contribution < -0.4 is 10.6 Å². The number of nitrogens with zero attached hydrogens (tertiary/aromatic N) is 2. The summed E-state index contributed by atoms with van der Waals surface area (Å²) >= 11 is 12.1. The van der Waals surface area contributed by atoms with E-state index in [9.17, 15) is 0 Å². The Morgan fingerprint density at radius 2 is 1.81 bits per heavy atom. The zero-order valence-electron chi connectivity index (χ0n) is 14.6. The fraction of sp³-hybridized carbons (Fsp3) is 0.158. The van der Waals surface area contributed by atoms with Crippen LogP contribution in [0.5, 0.6) is 0 Å². The van der Waals surface area contributed by atoms with E-state index in [1.807, 2.05) is 36.4 Å². The van der Waals surface area contributed by atoms with Crippen molar-refractivity contribution in [2.45, 2.75) is 13.1 Å². The molecule has 0 unspecified atom stereocenters. The number of benzene rings is 2. The topological polar surface area (TPSA) is 62.5 Å². The van der Waals surface area contributed by atoms with Gasteiger partial charge in [0.15, 0.2) is 5.96 Å². The zero-order chi connectivity index (χ0) is 18.4. The number of nitrogens with one attached hydrogen (secondary N) is 2. The van der Waals surface area contributed by atoms with Gasteiger partial charge in [-0.3, -0.25) is 4.99 Å². The molecule has 0 aliphatic carbocycles. The molecule has 0 saturated carbocycles. The van der Waals surface area contributed by atoms with Gasteiger partial charge in [-0.1, -0.05) is 47.5 Å². The molecule has 2 aromatic carbocycles. The predicted octanol–water partition coefficient (Wildman–Crippen LogP) is 5.13. The summed E-state index contributed by atoms with van der Waals surface area (Å²) in [4.78, 5) is 8.68. The van der Waals surface area contributed by atoms with Gasteiger partial charge >= 0.3 is 0 Å². The molecule has 0 bridgehead atoms. The number of hydrogen-bond donors (Lipinski definition) is 2. The van der Waals surface area contributed by atoms with Gasteiger partial charge in [0.25, 0.3) is 0 Å². The van der Waals surface area contributed by atoms with Gasteiger partial charge in [-0.2, -0.15) is 0 Å². The SMILES string of the molecule is CN=C(NCc1coc(-c2ccccc2)n1)NCc1ccc(Cl)cc1Cl.I. The third kappa shape index (κ3) is 6.12. The van der Waals surface area contributed by atoms with E-state index in [0.717, 1.165) is 16.8 Å². The minimum atomic E-state index is 0. The lowest BCUT2D eigenvalue weighted by Gasteiger charge is -2.12. The maximum atomic E-state index is 6.18. The fourth-order valence-electron chi connectivity index (χ4n) is 2.34. The molecule has 1 heterocycles. The Labute approximate surface area is 185 Å². The summed E-state index contributed by atoms with van der Waals surface area (Å²) < 4.78 is 5.53. The van der Waals surface area contributed by atoms with Crippen LogP contribution in [0, 0.1) is 0 Å². The lowest BCUT2D eigenvalue weighted by atomic mass is 10.2. The number of guanidine groups is 1. The van der Waals surface area contributed by atoms with Crippen LogP contribution in [0.2, 0.25) is 10.0 Å². The first-order valence-electron chi connectivity index (χ1n) is 8.04. The Kier molecular flexibility index (Phi) is 8.40. The van der Waals surface area contributed by atoms with Gasteiger partial charge in [0.1, 0.15) is 6.26 Å². The molecular weight excluding hydrogens is 498 g/mol. The first-order chi connectivity index (χ1) is 12.7. The highest BCUT2D eigenvalue weighted by molar-refractivity contribution is 14.0. The monoisotopic (exact) mass is 516 g/mol. The summed E-state index contributed by atoms with van der Waals surface area (Å²) in [7, 11) is 1.71. The molecule has 0 atom stereocenters. The van der Waals surface area contributed by atoms with E-state index in [1.165, 1.54) is 0 Å². The predicted molar refractivity (Wildman–Crippen MR) is 121 cm³/mol. The molecule has 3 rings (SSSR count). The fourth-order valence-corrected chi connectivity index (χ4v) is 2.82. The van der Waals surface area contributed by atoms with Crippen molar-refractivity contribution in [1.82, 2.24) is 15.6 Å². The van der Waals surface area contributed by atoms with E-state index in [2.05, 4.69) is 20.6 Å². The molecule has 0 aliphatic heterocycles. The van der Waals surface area contributed by atoms with Gasteiger partial charge in [-0.25, -0.2) is 4.98 Å². The second kappa shape index (κ2) is 10.5. The zero-order valence-corrected chi connectivity index (χ0v) is 18.4. The van der Waals surface area contributed by atoms with E-state index in [0.29, 0.717) is 35.0 Å². The summed E-state index contributed by atoms with van der Waals surface area (Å²) in [5.74, 6) is 1.23. The number of aromatic nitrogens is 1. The summed E-state index contributed by atoms with van der Waals surface area (Å²) in [5, 5.41) is 7.63. The first-order valence-corrected chi connectivity index (χ1v) is 8.79. The quantitative estimate of drug-likeness (QED) is 0.280. The van der Waals surface area contributed by atoms with Gasteiger partial charge in [-0.15, -0.1) is 24.0 Å². The molecule has 3 aromatic rings. The van der Waals surface area contributed by atoms with Crippen molar-refractivity contribution < 1.29 is 4.42 Å². The van der Waals surface area contributed by atoms with Crippen molar-refractivity contribution in [2.75, 3.05) is 7.05 Å². The van der Waals surface area contributed by atoms with Gasteiger partial charge in [0.05, 0.1) is 12.2 Å². The van der Waals surface area contributed by atoms with Crippen molar-refractivity contribution in [3.05, 3.63) is 76.1 Å². The van der Waals surface area contributed by atoms with E-state index >= 15 is 0 Å². The maximum Gasteiger partial charge on any atom is 0.226 e. The van der Waals surface area contributed by atoms with E-state index in [-0.39, 0.29) is 24.0 Å². The lowest BCUT2D eigenvalue weighted by Crippen LogP contribution is -2.36. The third-order valence-electron chi connectivity index (χ3n) is 3.69. The van der Waals surface area contributed by atoms with Crippen LogP contribution in [0.4, 0.5) is 0 Å². The highest BCUT2D eigenvalue weighted by atomic mass is 127. The highest BCUT2D eigenvalue weighted by Crippen LogP contribution is 2.21. The number of oxazole rings is 1. The van der Waals surface area contributed by atoms with Gasteiger partial charge in [0, 0.05) is 29.2 Å². The average Bonchev–Trinajstić information content (AvgIpc) is 3.13. The van der Waals surface area contributed by atoms with Crippen LogP contribution >= 0.6 is 47.2 Å². The number of hydrogen-bond acceptors (Lipinski definition) is 3. The van der Waals surface area contributed by atoms with Crippen molar-refractivity contribution in [1.29, 1.82) is 0 Å². The standard InChI is InChI=1S/C19H18Cl2N4O.HI/c1-22-19(23-10-14-7-8-15(20)9-17(14)21)24-11-16-12-26-18(25-16)13-5-3-2-4-6-13;/h2-9,12H,10-11H2,1H3,(H2,22,23,24);1H. The molecule has 2 N–H and O–H groups in total. The van der Waals surface area contributed by atoms with Crippen LogP contribution in [-0.2, 0) is 13.1 Å². The Morgan fingerprint density at radius 3 is 2.52 bits per heavy atom. The second-order valence-corrected chi connectivity index (χ2v) is 6.37. The van der Waals surface area contributed by atoms with Crippen molar-refractivity contribution in [3.8, 4) is 11.5 Å². The van der Waals surface area contributed by atoms with Crippen LogP contribution in [0.1, 0.15) is 11.3 Å². The maximum absolute atomic E-state index is 6.18. The van der Waals surface area contributed by atoms with Crippen LogP contribution in [0.3, 0.4) is 0 Å². The molecule has 0 saturated heterocycles. The first kappa shape index (κ1) is 21.5. The lowest BCUT2D eigenvalue weighted by molar-refractivity contribution is 0.572. The molecule has 0 radical (unpaired) electrons. The van der Waals surface area contributed by atoms with Crippen LogP contribution in [0.15, 0.2) is 64.2 Å². The molecule has 142 valence electrons. The van der Waals surface area contributed by atoms with Gasteiger partial charge in [0.2, 0.25) is 5.89 Å². The minimum Gasteiger partial charge on any atom is -0.444 e. The molecule has 0 amide bonds. The number of aliphatic imine (C=N–C) groups is 1. The normalized spacial score (nSPS) is 11.0. The average molecular weight is 517 g/mol. The van der Waals surface area contributed by atoms with Crippen molar-refractivity contribution in [2.24, 2.45) is 4.99 Å². The molecule has 0 fully saturated rings. The van der Waals surface area contributed by atoms with Gasteiger partial charge in [-0.05, 0) is 29.8 Å². The molecule has 0 spiro atoms. The molecule has 1 aromatic heterocycles. The number of rotatable bonds is 5. The number of halogens is 3. The van der Waals surface area contributed by atoms with Crippen LogP contribution in [-0.4, -0.2) is 18.0 Å². The van der Waals surface area contributed by atoms with E-state index in [1.54, 1.807) is 25.4 Å². The Balaban J connectivity index is 0.00000261. The van der Waals surface area contributed by atoms with E-state index < -0.39 is 0 Å². The highest BCUT2D eigenvalue weighted by Gasteiger charge is 2.07. The third-order valence-corrected chi connectivity index (χ3v) is 4.28. The largest absolute Gasteiger partial charge is 0.444 e. The Bertz CT molecular complexity index is 900. The molecule has 27 heavy (non-hydrogen) atoms. The Hall–Kier alpha value is -1.77. The summed E-state index contributed by atoms with van der Waals surface area (Å²) in [6, 6.07) is 15.2. The molecule has 5 nitrogen and oxygen atoms in total. The van der Waals surface area contributed by atoms with Gasteiger partial charge < -0.3 is 15.1 Å². The van der Waals surface area contributed by atoms with Crippen LogP contribution in [0.25, 0.3) is 11.5 Å². The summed E-state index contributed by atoms with van der Waals surface area (Å²) in [6.45, 7) is 1.02. The minimum absolute atomic E-state index is 0. The summed E-state index contributed by atoms with van der Waals surface area (Å²) in [5.41, 5.74) is 2.67. The molecule has 8 heteroatoms. The molecule has 0 aliphatic rings. The smallest absolute Gasteiger partial charge is 0.226 e. The summed E-state index contributed by atoms with van der Waals surface area (Å²) in [6.07, 6.45) is 1.64. The van der Waals surface area contributed by atoms with Crippen molar-refractivity contribution >= 4 is 53.1 Å². The van der Waals surface area contributed by atoms with Crippen molar-refractivity contribution in [3.63, 3.8) is 0 Å².